The van der Waals surface area contributed by atoms with Gasteiger partial charge in [0.2, 0.25) is 0 Å². The van der Waals surface area contributed by atoms with Crippen molar-refractivity contribution in [1.82, 2.24) is 0 Å². The number of carboxylic acids is 1. The molecule has 3 atom stereocenters. The predicted molar refractivity (Wildman–Crippen MR) is 143 cm³/mol. The minimum Gasteiger partial charge on any atom is -0.489 e. The van der Waals surface area contributed by atoms with Crippen LogP contribution in [0.1, 0.15) is 79.7 Å². The van der Waals surface area contributed by atoms with Gasteiger partial charge in [0.05, 0.1) is 5.92 Å². The molecule has 6 rings (SSSR count). The molecule has 2 fully saturated rings. The van der Waals surface area contributed by atoms with Crippen molar-refractivity contribution in [2.45, 2.75) is 77.2 Å². The second-order valence-electron chi connectivity index (χ2n) is 12.2. The first-order valence-electron chi connectivity index (χ1n) is 13.6. The van der Waals surface area contributed by atoms with Crippen molar-refractivity contribution >= 4 is 5.97 Å². The zero-order valence-corrected chi connectivity index (χ0v) is 21.9. The first kappa shape index (κ1) is 24.2. The maximum atomic E-state index is 15.0. The van der Waals surface area contributed by atoms with Crippen LogP contribution in [0.3, 0.4) is 0 Å². The lowest BCUT2D eigenvalue weighted by atomic mass is 9.75. The van der Waals surface area contributed by atoms with Crippen molar-refractivity contribution in [2.75, 3.05) is 0 Å². The Morgan fingerprint density at radius 1 is 1.05 bits per heavy atom. The summed E-state index contributed by atoms with van der Waals surface area (Å²) >= 11 is 0. The van der Waals surface area contributed by atoms with Crippen LogP contribution in [0.25, 0.3) is 11.1 Å². The van der Waals surface area contributed by atoms with Gasteiger partial charge < -0.3 is 9.84 Å². The van der Waals surface area contributed by atoms with Gasteiger partial charge in [-0.2, -0.15) is 0 Å². The fourth-order valence-corrected chi connectivity index (χ4v) is 7.17. The van der Waals surface area contributed by atoms with Gasteiger partial charge in [0, 0.05) is 11.0 Å². The lowest BCUT2D eigenvalue weighted by molar-refractivity contribution is -0.139. The van der Waals surface area contributed by atoms with E-state index in [1.807, 2.05) is 25.1 Å². The fraction of sp³-hybridized carbons (Fsp3) is 0.424. The van der Waals surface area contributed by atoms with Crippen LogP contribution in [0.15, 0.2) is 54.6 Å². The van der Waals surface area contributed by atoms with E-state index in [-0.39, 0.29) is 22.6 Å². The third-order valence-corrected chi connectivity index (χ3v) is 9.40. The minimum atomic E-state index is -0.688. The van der Waals surface area contributed by atoms with Crippen molar-refractivity contribution < 1.29 is 19.0 Å². The van der Waals surface area contributed by atoms with Crippen LogP contribution in [0.2, 0.25) is 0 Å². The second kappa shape index (κ2) is 8.72. The molecule has 0 aromatic heterocycles. The Morgan fingerprint density at radius 2 is 1.89 bits per heavy atom. The largest absolute Gasteiger partial charge is 0.489 e. The van der Waals surface area contributed by atoms with Gasteiger partial charge in [-0.15, -0.1) is 0 Å². The third-order valence-electron chi connectivity index (χ3n) is 9.40. The van der Waals surface area contributed by atoms with E-state index in [0.717, 1.165) is 53.7 Å². The van der Waals surface area contributed by atoms with E-state index < -0.39 is 5.97 Å². The van der Waals surface area contributed by atoms with Gasteiger partial charge in [-0.3, -0.25) is 4.79 Å². The summed E-state index contributed by atoms with van der Waals surface area (Å²) in [7, 11) is 0. The number of carboxylic acid groups (broad SMARTS) is 1. The highest BCUT2D eigenvalue weighted by Gasteiger charge is 2.61. The van der Waals surface area contributed by atoms with E-state index in [1.54, 1.807) is 6.07 Å². The standard InChI is InChI=1S/C33H35FO3/c1-20-6-11-30(34)26(15-20)24-10-7-21(16-25(24)27-5-4-13-32(27,2)3)19-37-23-9-8-22-12-14-33(28(22)17-23)18-29(33)31(35)36/h6-11,15-17,27,29H,4-5,12-14,18-19H2,1-3H3,(H,35,36)/t27-,29+,33+/m0/s1. The van der Waals surface area contributed by atoms with E-state index in [2.05, 4.69) is 44.2 Å². The number of ether oxygens (including phenoxy) is 1. The van der Waals surface area contributed by atoms with Crippen LogP contribution in [0.5, 0.6) is 5.75 Å². The number of aliphatic carboxylic acids is 1. The molecule has 0 bridgehead atoms. The number of halogens is 1. The Kier molecular flexibility index (Phi) is 5.70. The Morgan fingerprint density at radius 3 is 2.62 bits per heavy atom. The van der Waals surface area contributed by atoms with Crippen LogP contribution in [-0.2, 0) is 23.2 Å². The molecule has 1 spiro atoms. The Labute approximate surface area is 218 Å². The van der Waals surface area contributed by atoms with Gasteiger partial charge in [-0.05, 0) is 102 Å². The lowest BCUT2D eigenvalue weighted by Crippen LogP contribution is -2.17. The van der Waals surface area contributed by atoms with Crippen molar-refractivity contribution in [2.24, 2.45) is 11.3 Å². The van der Waals surface area contributed by atoms with Gasteiger partial charge in [0.1, 0.15) is 18.2 Å². The van der Waals surface area contributed by atoms with Gasteiger partial charge >= 0.3 is 5.97 Å². The molecule has 3 aliphatic carbocycles. The topological polar surface area (TPSA) is 46.5 Å². The number of benzene rings is 3. The van der Waals surface area contributed by atoms with Gasteiger partial charge in [-0.25, -0.2) is 4.39 Å². The molecular weight excluding hydrogens is 463 g/mol. The Balaban J connectivity index is 1.30. The van der Waals surface area contributed by atoms with E-state index >= 15 is 0 Å². The number of hydrogen-bond acceptors (Lipinski definition) is 2. The Bertz CT molecular complexity index is 1390. The summed E-state index contributed by atoms with van der Waals surface area (Å²) in [5.74, 6) is 0.0127. The summed E-state index contributed by atoms with van der Waals surface area (Å²) in [6.45, 7) is 7.08. The molecule has 0 aliphatic heterocycles. The lowest BCUT2D eigenvalue weighted by Gasteiger charge is -2.30. The average molecular weight is 499 g/mol. The average Bonchev–Trinajstić information content (AvgIpc) is 3.36. The highest BCUT2D eigenvalue weighted by Crippen LogP contribution is 2.62. The molecule has 3 aromatic carbocycles. The molecule has 192 valence electrons. The van der Waals surface area contributed by atoms with Gasteiger partial charge in [0.15, 0.2) is 0 Å². The van der Waals surface area contributed by atoms with E-state index in [1.165, 1.54) is 24.0 Å². The van der Waals surface area contributed by atoms with Crippen LogP contribution < -0.4 is 4.74 Å². The molecule has 3 aromatic rings. The number of rotatable bonds is 6. The molecular formula is C33H35FO3. The molecule has 1 N–H and O–H groups in total. The fourth-order valence-electron chi connectivity index (χ4n) is 7.17. The third kappa shape index (κ3) is 4.15. The molecule has 0 heterocycles. The van der Waals surface area contributed by atoms with Crippen molar-refractivity contribution in [3.05, 3.63) is 88.2 Å². The van der Waals surface area contributed by atoms with Crippen LogP contribution in [0.4, 0.5) is 4.39 Å². The molecule has 37 heavy (non-hydrogen) atoms. The SMILES string of the molecule is Cc1ccc(F)c(-c2ccc(COc3ccc4c(c3)[C@@]3(CC4)C[C@@H]3C(=O)O)cc2[C@@H]2CCCC2(C)C)c1. The summed E-state index contributed by atoms with van der Waals surface area (Å²) in [5.41, 5.74) is 7.37. The first-order chi connectivity index (χ1) is 17.7. The summed E-state index contributed by atoms with van der Waals surface area (Å²) < 4.78 is 21.2. The number of aryl methyl sites for hydroxylation is 2. The molecule has 4 heteroatoms. The van der Waals surface area contributed by atoms with Gasteiger partial charge in [0.25, 0.3) is 0 Å². The number of carbonyl (C=O) groups is 1. The van der Waals surface area contributed by atoms with Crippen molar-refractivity contribution in [3.63, 3.8) is 0 Å². The van der Waals surface area contributed by atoms with E-state index in [4.69, 9.17) is 4.74 Å². The molecule has 0 saturated heterocycles. The quantitative estimate of drug-likeness (QED) is 0.375. The zero-order valence-electron chi connectivity index (χ0n) is 21.9. The number of fused-ring (bicyclic) bond motifs is 2. The maximum Gasteiger partial charge on any atom is 0.307 e. The Hall–Kier alpha value is -3.14. The number of hydrogen-bond donors (Lipinski definition) is 1. The van der Waals surface area contributed by atoms with Crippen molar-refractivity contribution in [1.29, 1.82) is 0 Å². The zero-order chi connectivity index (χ0) is 25.9. The molecule has 0 amide bonds. The molecule has 3 aliphatic rings. The summed E-state index contributed by atoms with van der Waals surface area (Å²) in [4.78, 5) is 11.6. The summed E-state index contributed by atoms with van der Waals surface area (Å²) in [6.07, 6.45) is 6.05. The molecule has 2 saturated carbocycles. The monoisotopic (exact) mass is 498 g/mol. The minimum absolute atomic E-state index is 0.160. The van der Waals surface area contributed by atoms with Crippen LogP contribution in [0, 0.1) is 24.1 Å². The molecule has 0 radical (unpaired) electrons. The highest BCUT2D eigenvalue weighted by atomic mass is 19.1. The second-order valence-corrected chi connectivity index (χ2v) is 12.2. The molecule has 0 unspecified atom stereocenters. The van der Waals surface area contributed by atoms with E-state index in [9.17, 15) is 14.3 Å². The highest BCUT2D eigenvalue weighted by molar-refractivity contribution is 5.78. The smallest absolute Gasteiger partial charge is 0.307 e. The molecule has 3 nitrogen and oxygen atoms in total. The predicted octanol–water partition coefficient (Wildman–Crippen LogP) is 7.96. The summed E-state index contributed by atoms with van der Waals surface area (Å²) in [6, 6.07) is 17.9. The van der Waals surface area contributed by atoms with E-state index in [0.29, 0.717) is 18.1 Å². The maximum absolute atomic E-state index is 15.0. The van der Waals surface area contributed by atoms with Crippen molar-refractivity contribution in [3.8, 4) is 16.9 Å². The van der Waals surface area contributed by atoms with Crippen LogP contribution in [-0.4, -0.2) is 11.1 Å². The van der Waals surface area contributed by atoms with Gasteiger partial charge in [-0.1, -0.05) is 56.2 Å². The summed E-state index contributed by atoms with van der Waals surface area (Å²) in [5, 5.41) is 9.56. The first-order valence-corrected chi connectivity index (χ1v) is 13.6. The van der Waals surface area contributed by atoms with Crippen LogP contribution >= 0.6 is 0 Å². The normalized spacial score (nSPS) is 25.3.